The fourth-order valence-electron chi connectivity index (χ4n) is 1.09. The summed E-state index contributed by atoms with van der Waals surface area (Å²) in [4.78, 5) is 22.0. The van der Waals surface area contributed by atoms with Crippen molar-refractivity contribution < 1.29 is 22.7 Å². The van der Waals surface area contributed by atoms with Crippen molar-refractivity contribution in [3.8, 4) is 0 Å². The van der Waals surface area contributed by atoms with E-state index in [0.29, 0.717) is 0 Å². The van der Waals surface area contributed by atoms with Gasteiger partial charge in [-0.1, -0.05) is 18.2 Å². The maximum Gasteiger partial charge on any atom is 0.432 e. The van der Waals surface area contributed by atoms with E-state index in [2.05, 4.69) is 4.74 Å². The second-order valence-corrected chi connectivity index (χ2v) is 4.68. The molecule has 0 atom stereocenters. The smallest absolute Gasteiger partial charge is 0.432 e. The molecule has 0 fully saturated rings. The topological polar surface area (TPSA) is 107 Å². The van der Waals surface area contributed by atoms with Crippen molar-refractivity contribution >= 4 is 22.1 Å². The largest absolute Gasteiger partial charge is 0.452 e. The third-order valence-corrected chi connectivity index (χ3v) is 3.50. The van der Waals surface area contributed by atoms with Crippen LogP contribution in [0.15, 0.2) is 35.2 Å². The Morgan fingerprint density at radius 3 is 2.18 bits per heavy atom. The molecule has 0 aliphatic rings. The van der Waals surface area contributed by atoms with E-state index in [1.165, 1.54) is 24.3 Å². The van der Waals surface area contributed by atoms with Crippen molar-refractivity contribution in [2.45, 2.75) is 4.90 Å². The Morgan fingerprint density at radius 2 is 1.76 bits per heavy atom. The number of carbonyl (C=O) groups excluding carboxylic acids is 2. The average molecular weight is 258 g/mol. The minimum absolute atomic E-state index is 0.137. The molecule has 1 rings (SSSR count). The summed E-state index contributed by atoms with van der Waals surface area (Å²) in [6.45, 7) is 0. The third kappa shape index (κ3) is 2.53. The minimum atomic E-state index is -4.33. The first-order chi connectivity index (χ1) is 7.91. The molecule has 0 saturated heterocycles. The zero-order valence-corrected chi connectivity index (χ0v) is 9.68. The summed E-state index contributed by atoms with van der Waals surface area (Å²) in [5, 5.41) is 0. The molecule has 2 N–H and O–H groups in total. The van der Waals surface area contributed by atoms with Crippen LogP contribution in [0.4, 0.5) is 9.59 Å². The number of primary amides is 1. The lowest BCUT2D eigenvalue weighted by molar-refractivity contribution is 0.152. The minimum Gasteiger partial charge on any atom is -0.452 e. The number of hydrogen-bond acceptors (Lipinski definition) is 5. The van der Waals surface area contributed by atoms with Crippen LogP contribution < -0.4 is 5.73 Å². The molecule has 17 heavy (non-hydrogen) atoms. The number of urea groups is 1. The van der Waals surface area contributed by atoms with E-state index in [1.54, 1.807) is 6.07 Å². The molecule has 0 bridgehead atoms. The molecule has 1 aromatic rings. The van der Waals surface area contributed by atoms with Crippen LogP contribution in [0.25, 0.3) is 0 Å². The van der Waals surface area contributed by atoms with E-state index in [0.717, 1.165) is 7.11 Å². The maximum absolute atomic E-state index is 11.9. The molecule has 3 amide bonds. The van der Waals surface area contributed by atoms with Gasteiger partial charge in [0.25, 0.3) is 10.0 Å². The SMILES string of the molecule is COC(=O)N(C(N)=O)S(=O)(=O)c1ccccc1. The fraction of sp³-hybridized carbons (Fsp3) is 0.111. The van der Waals surface area contributed by atoms with Crippen LogP contribution in [-0.4, -0.2) is 32.0 Å². The molecule has 7 nitrogen and oxygen atoms in total. The van der Waals surface area contributed by atoms with Gasteiger partial charge >= 0.3 is 12.1 Å². The van der Waals surface area contributed by atoms with Crippen molar-refractivity contribution in [1.29, 1.82) is 0 Å². The van der Waals surface area contributed by atoms with Gasteiger partial charge in [0, 0.05) is 0 Å². The zero-order valence-electron chi connectivity index (χ0n) is 8.86. The molecule has 0 radical (unpaired) electrons. The van der Waals surface area contributed by atoms with E-state index < -0.39 is 22.1 Å². The van der Waals surface area contributed by atoms with Crippen molar-refractivity contribution in [2.24, 2.45) is 5.73 Å². The number of benzene rings is 1. The van der Waals surface area contributed by atoms with Gasteiger partial charge in [0.1, 0.15) is 0 Å². The number of ether oxygens (including phenoxy) is 1. The lowest BCUT2D eigenvalue weighted by Crippen LogP contribution is -2.44. The van der Waals surface area contributed by atoms with Crippen LogP contribution in [0, 0.1) is 0 Å². The highest BCUT2D eigenvalue weighted by molar-refractivity contribution is 7.90. The van der Waals surface area contributed by atoms with Crippen LogP contribution in [0.3, 0.4) is 0 Å². The molecule has 0 unspecified atom stereocenters. The van der Waals surface area contributed by atoms with Crippen LogP contribution in [0.5, 0.6) is 0 Å². The van der Waals surface area contributed by atoms with Gasteiger partial charge in [-0.3, -0.25) is 0 Å². The third-order valence-electron chi connectivity index (χ3n) is 1.82. The lowest BCUT2D eigenvalue weighted by atomic mass is 10.4. The number of hydrogen-bond donors (Lipinski definition) is 1. The van der Waals surface area contributed by atoms with E-state index in [9.17, 15) is 18.0 Å². The Labute approximate surface area is 97.8 Å². The molecule has 0 aromatic heterocycles. The number of nitrogens with two attached hydrogens (primary N) is 1. The molecule has 0 heterocycles. The highest BCUT2D eigenvalue weighted by atomic mass is 32.2. The Morgan fingerprint density at radius 1 is 1.24 bits per heavy atom. The number of rotatable bonds is 2. The number of amides is 3. The van der Waals surface area contributed by atoms with Crippen LogP contribution in [0.2, 0.25) is 0 Å². The molecule has 92 valence electrons. The summed E-state index contributed by atoms with van der Waals surface area (Å²) in [6, 6.07) is 5.52. The summed E-state index contributed by atoms with van der Waals surface area (Å²) in [7, 11) is -3.38. The van der Waals surface area contributed by atoms with Gasteiger partial charge in [-0.2, -0.15) is 0 Å². The fourth-order valence-corrected chi connectivity index (χ4v) is 2.31. The Hall–Kier alpha value is -2.09. The van der Waals surface area contributed by atoms with Gasteiger partial charge in [0.15, 0.2) is 0 Å². The Bertz CT molecular complexity index is 526. The van der Waals surface area contributed by atoms with Crippen molar-refractivity contribution in [2.75, 3.05) is 7.11 Å². The van der Waals surface area contributed by atoms with Crippen LogP contribution in [0.1, 0.15) is 0 Å². The lowest BCUT2D eigenvalue weighted by Gasteiger charge is -2.16. The quantitative estimate of drug-likeness (QED) is 0.832. The molecule has 8 heteroatoms. The summed E-state index contributed by atoms with van der Waals surface area (Å²) < 4.78 is 27.8. The van der Waals surface area contributed by atoms with E-state index >= 15 is 0 Å². The van der Waals surface area contributed by atoms with E-state index in [1.807, 2.05) is 0 Å². The second-order valence-electron chi connectivity index (χ2n) is 2.89. The summed E-state index contributed by atoms with van der Waals surface area (Å²) in [5.41, 5.74) is 4.84. The van der Waals surface area contributed by atoms with Gasteiger partial charge < -0.3 is 10.5 Å². The van der Waals surface area contributed by atoms with Crippen molar-refractivity contribution in [1.82, 2.24) is 4.31 Å². The van der Waals surface area contributed by atoms with Gasteiger partial charge in [0.05, 0.1) is 12.0 Å². The number of imide groups is 1. The first kappa shape index (κ1) is 13.0. The van der Waals surface area contributed by atoms with Crippen LogP contribution in [-0.2, 0) is 14.8 Å². The van der Waals surface area contributed by atoms with Gasteiger partial charge in [-0.15, -0.1) is 4.31 Å². The predicted molar refractivity (Wildman–Crippen MR) is 57.5 cm³/mol. The average Bonchev–Trinajstić information content (AvgIpc) is 2.29. The normalized spacial score (nSPS) is 10.6. The zero-order chi connectivity index (χ0) is 13.1. The number of nitrogens with zero attached hydrogens (tertiary/aromatic N) is 1. The monoisotopic (exact) mass is 258 g/mol. The Kier molecular flexibility index (Phi) is 3.69. The maximum atomic E-state index is 11.9. The summed E-state index contributed by atoms with van der Waals surface area (Å²) in [5.74, 6) is 0. The molecular formula is C9H10N2O5S. The molecule has 1 aromatic carbocycles. The van der Waals surface area contributed by atoms with Crippen LogP contribution >= 0.6 is 0 Å². The first-order valence-corrected chi connectivity index (χ1v) is 5.83. The highest BCUT2D eigenvalue weighted by Gasteiger charge is 2.34. The number of sulfonamides is 1. The van der Waals surface area contributed by atoms with Crippen molar-refractivity contribution in [3.05, 3.63) is 30.3 Å². The molecule has 0 spiro atoms. The number of methoxy groups -OCH3 is 1. The molecule has 0 aliphatic carbocycles. The summed E-state index contributed by atoms with van der Waals surface area (Å²) in [6.07, 6.45) is -1.36. The predicted octanol–water partition coefficient (Wildman–Crippen LogP) is 0.522. The van der Waals surface area contributed by atoms with Gasteiger partial charge in [-0.25, -0.2) is 18.0 Å². The summed E-state index contributed by atoms with van der Waals surface area (Å²) >= 11 is 0. The van der Waals surface area contributed by atoms with Gasteiger partial charge in [0.2, 0.25) is 0 Å². The first-order valence-electron chi connectivity index (χ1n) is 4.39. The van der Waals surface area contributed by atoms with E-state index in [4.69, 9.17) is 5.73 Å². The molecule has 0 saturated carbocycles. The standard InChI is InChI=1S/C9H10N2O5S/c1-16-9(13)11(8(10)12)17(14,15)7-5-3-2-4-6-7/h2-6H,1H3,(H2,10,12). The Balaban J connectivity index is 3.29. The second kappa shape index (κ2) is 4.83. The number of carbonyl (C=O) groups is 2. The van der Waals surface area contributed by atoms with E-state index in [-0.39, 0.29) is 9.20 Å². The van der Waals surface area contributed by atoms with Gasteiger partial charge in [-0.05, 0) is 12.1 Å². The molecule has 0 aliphatic heterocycles. The highest BCUT2D eigenvalue weighted by Crippen LogP contribution is 2.15. The van der Waals surface area contributed by atoms with Crippen molar-refractivity contribution in [3.63, 3.8) is 0 Å². The molecular weight excluding hydrogens is 248 g/mol.